The van der Waals surface area contributed by atoms with Gasteiger partial charge >= 0.3 is 0 Å². The number of amides is 2. The first-order chi connectivity index (χ1) is 14.6. The van der Waals surface area contributed by atoms with Crippen molar-refractivity contribution in [3.05, 3.63) is 71.3 Å². The molecule has 30 heavy (non-hydrogen) atoms. The van der Waals surface area contributed by atoms with E-state index in [4.69, 9.17) is 0 Å². The van der Waals surface area contributed by atoms with Gasteiger partial charge in [0.15, 0.2) is 0 Å². The van der Waals surface area contributed by atoms with Gasteiger partial charge in [-0.15, -0.1) is 0 Å². The van der Waals surface area contributed by atoms with Gasteiger partial charge in [0.25, 0.3) is 5.91 Å². The third-order valence-corrected chi connectivity index (χ3v) is 5.42. The molecule has 1 fully saturated rings. The molecule has 2 amide bonds. The Morgan fingerprint density at radius 3 is 2.23 bits per heavy atom. The molecule has 1 aliphatic rings. The molecule has 3 rings (SSSR count). The second-order valence-corrected chi connectivity index (χ2v) is 7.90. The van der Waals surface area contributed by atoms with Crippen molar-refractivity contribution in [2.45, 2.75) is 25.9 Å². The SMILES string of the molecule is CN1CCN(Cc2ccc(CNC(=O)CCCNC(=O)c3ccccc3)cc2)CC1. The zero-order valence-corrected chi connectivity index (χ0v) is 17.8. The van der Waals surface area contributed by atoms with E-state index >= 15 is 0 Å². The number of piperazine rings is 1. The zero-order valence-electron chi connectivity index (χ0n) is 17.8. The molecule has 0 aliphatic carbocycles. The molecule has 1 saturated heterocycles. The normalized spacial score (nSPS) is 15.0. The van der Waals surface area contributed by atoms with Crippen molar-refractivity contribution < 1.29 is 9.59 Å². The van der Waals surface area contributed by atoms with E-state index in [0.29, 0.717) is 31.5 Å². The van der Waals surface area contributed by atoms with Gasteiger partial charge in [-0.05, 0) is 36.7 Å². The van der Waals surface area contributed by atoms with E-state index in [-0.39, 0.29) is 11.8 Å². The highest BCUT2D eigenvalue weighted by molar-refractivity contribution is 5.94. The van der Waals surface area contributed by atoms with Crippen LogP contribution >= 0.6 is 0 Å². The highest BCUT2D eigenvalue weighted by atomic mass is 16.2. The number of nitrogens with one attached hydrogen (secondary N) is 2. The van der Waals surface area contributed by atoms with E-state index in [1.165, 1.54) is 5.56 Å². The average Bonchev–Trinajstić information content (AvgIpc) is 2.78. The van der Waals surface area contributed by atoms with Crippen LogP contribution in [0.2, 0.25) is 0 Å². The second-order valence-electron chi connectivity index (χ2n) is 7.90. The van der Waals surface area contributed by atoms with Gasteiger partial charge in [-0.25, -0.2) is 0 Å². The molecule has 160 valence electrons. The summed E-state index contributed by atoms with van der Waals surface area (Å²) in [5.74, 6) is -0.0989. The smallest absolute Gasteiger partial charge is 0.251 e. The molecule has 1 aliphatic heterocycles. The van der Waals surface area contributed by atoms with Crippen molar-refractivity contribution in [2.24, 2.45) is 0 Å². The monoisotopic (exact) mass is 408 g/mol. The van der Waals surface area contributed by atoms with Gasteiger partial charge in [0, 0.05) is 57.8 Å². The topological polar surface area (TPSA) is 64.7 Å². The fourth-order valence-corrected chi connectivity index (χ4v) is 3.46. The van der Waals surface area contributed by atoms with E-state index in [2.05, 4.69) is 51.7 Å². The minimum Gasteiger partial charge on any atom is -0.352 e. The lowest BCUT2D eigenvalue weighted by molar-refractivity contribution is -0.121. The molecule has 0 saturated carbocycles. The van der Waals surface area contributed by atoms with Gasteiger partial charge < -0.3 is 15.5 Å². The number of benzene rings is 2. The maximum Gasteiger partial charge on any atom is 0.251 e. The van der Waals surface area contributed by atoms with Gasteiger partial charge in [-0.2, -0.15) is 0 Å². The van der Waals surface area contributed by atoms with Crippen LogP contribution in [0.3, 0.4) is 0 Å². The predicted octanol–water partition coefficient (Wildman–Crippen LogP) is 2.26. The van der Waals surface area contributed by atoms with E-state index in [1.807, 2.05) is 18.2 Å². The van der Waals surface area contributed by atoms with Crippen LogP contribution in [-0.4, -0.2) is 61.4 Å². The maximum absolute atomic E-state index is 12.1. The zero-order chi connectivity index (χ0) is 21.2. The highest BCUT2D eigenvalue weighted by Crippen LogP contribution is 2.10. The van der Waals surface area contributed by atoms with Crippen molar-refractivity contribution in [1.82, 2.24) is 20.4 Å². The first-order valence-corrected chi connectivity index (χ1v) is 10.7. The molecule has 6 nitrogen and oxygen atoms in total. The van der Waals surface area contributed by atoms with E-state index in [0.717, 1.165) is 38.3 Å². The predicted molar refractivity (Wildman–Crippen MR) is 119 cm³/mol. The summed E-state index contributed by atoms with van der Waals surface area (Å²) in [5, 5.41) is 5.80. The minimum atomic E-state index is -0.104. The van der Waals surface area contributed by atoms with Crippen LogP contribution in [0, 0.1) is 0 Å². The number of hydrogen-bond donors (Lipinski definition) is 2. The van der Waals surface area contributed by atoms with Crippen molar-refractivity contribution in [3.8, 4) is 0 Å². The first kappa shape index (κ1) is 22.0. The lowest BCUT2D eigenvalue weighted by Gasteiger charge is -2.32. The number of nitrogens with zero attached hydrogens (tertiary/aromatic N) is 2. The largest absolute Gasteiger partial charge is 0.352 e. The van der Waals surface area contributed by atoms with E-state index in [1.54, 1.807) is 12.1 Å². The lowest BCUT2D eigenvalue weighted by Crippen LogP contribution is -2.43. The summed E-state index contributed by atoms with van der Waals surface area (Å²) < 4.78 is 0. The summed E-state index contributed by atoms with van der Waals surface area (Å²) >= 11 is 0. The molecular weight excluding hydrogens is 376 g/mol. The van der Waals surface area contributed by atoms with Gasteiger partial charge in [0.05, 0.1) is 0 Å². The third-order valence-electron chi connectivity index (χ3n) is 5.42. The summed E-state index contributed by atoms with van der Waals surface area (Å²) in [7, 11) is 2.17. The Hall–Kier alpha value is -2.70. The van der Waals surface area contributed by atoms with Gasteiger partial charge in [-0.1, -0.05) is 42.5 Å². The molecule has 2 aromatic rings. The number of carbonyl (C=O) groups excluding carboxylic acids is 2. The number of hydrogen-bond acceptors (Lipinski definition) is 4. The van der Waals surface area contributed by atoms with Crippen LogP contribution in [0.15, 0.2) is 54.6 Å². The van der Waals surface area contributed by atoms with Crippen molar-refractivity contribution in [2.75, 3.05) is 39.8 Å². The molecule has 0 atom stereocenters. The highest BCUT2D eigenvalue weighted by Gasteiger charge is 2.13. The molecule has 0 unspecified atom stereocenters. The van der Waals surface area contributed by atoms with Gasteiger partial charge in [0.1, 0.15) is 0 Å². The fourth-order valence-electron chi connectivity index (χ4n) is 3.46. The Bertz CT molecular complexity index is 800. The van der Waals surface area contributed by atoms with Crippen LogP contribution in [0.5, 0.6) is 0 Å². The molecule has 0 aromatic heterocycles. The maximum atomic E-state index is 12.1. The van der Waals surface area contributed by atoms with Crippen molar-refractivity contribution in [1.29, 1.82) is 0 Å². The first-order valence-electron chi connectivity index (χ1n) is 10.7. The lowest BCUT2D eigenvalue weighted by atomic mass is 10.1. The molecule has 6 heteroatoms. The molecule has 0 spiro atoms. The van der Waals surface area contributed by atoms with Crippen molar-refractivity contribution >= 4 is 11.8 Å². The molecule has 0 bridgehead atoms. The Labute approximate surface area is 179 Å². The van der Waals surface area contributed by atoms with E-state index < -0.39 is 0 Å². The summed E-state index contributed by atoms with van der Waals surface area (Å²) in [5.41, 5.74) is 3.05. The number of rotatable bonds is 9. The van der Waals surface area contributed by atoms with Gasteiger partial charge in [0.2, 0.25) is 5.91 Å². The quantitative estimate of drug-likeness (QED) is 0.625. The molecular formula is C24H32N4O2. The Morgan fingerprint density at radius 1 is 0.867 bits per heavy atom. The Morgan fingerprint density at radius 2 is 1.53 bits per heavy atom. The van der Waals surface area contributed by atoms with Crippen molar-refractivity contribution in [3.63, 3.8) is 0 Å². The van der Waals surface area contributed by atoms with E-state index in [9.17, 15) is 9.59 Å². The average molecular weight is 409 g/mol. The molecule has 1 heterocycles. The van der Waals surface area contributed by atoms with Crippen LogP contribution < -0.4 is 10.6 Å². The molecule has 0 radical (unpaired) electrons. The minimum absolute atomic E-state index is 0.00507. The number of likely N-dealkylation sites (N-methyl/N-ethyl adjacent to an activating group) is 1. The van der Waals surface area contributed by atoms with Crippen LogP contribution in [-0.2, 0) is 17.9 Å². The second kappa shape index (κ2) is 11.5. The van der Waals surface area contributed by atoms with Gasteiger partial charge in [-0.3, -0.25) is 14.5 Å². The Kier molecular flexibility index (Phi) is 8.41. The summed E-state index contributed by atoms with van der Waals surface area (Å²) in [6, 6.07) is 17.6. The summed E-state index contributed by atoms with van der Waals surface area (Å²) in [6.07, 6.45) is 1.02. The molecule has 2 aromatic carbocycles. The van der Waals surface area contributed by atoms with Crippen LogP contribution in [0.25, 0.3) is 0 Å². The van der Waals surface area contributed by atoms with Crippen LogP contribution in [0.1, 0.15) is 34.3 Å². The number of carbonyl (C=O) groups is 2. The fraction of sp³-hybridized carbons (Fsp3) is 0.417. The summed E-state index contributed by atoms with van der Waals surface area (Å²) in [6.45, 7) is 6.47. The molecule has 2 N–H and O–H groups in total. The third kappa shape index (κ3) is 7.28. The Balaban J connectivity index is 1.30. The van der Waals surface area contributed by atoms with Crippen LogP contribution in [0.4, 0.5) is 0 Å². The summed E-state index contributed by atoms with van der Waals surface area (Å²) in [4.78, 5) is 28.8. The standard InChI is InChI=1S/C24H32N4O2/c1-27-14-16-28(17-15-27)19-21-11-9-20(10-12-21)18-26-23(29)8-5-13-25-24(30)22-6-3-2-4-7-22/h2-4,6-7,9-12H,5,8,13-19H2,1H3,(H,25,30)(H,26,29).